The molecular formula is C20H15ClN4O. The Kier molecular flexibility index (Phi) is 4.14. The molecule has 0 atom stereocenters. The van der Waals surface area contributed by atoms with Crippen LogP contribution >= 0.6 is 11.6 Å². The Bertz CT molecular complexity index is 1100. The van der Waals surface area contributed by atoms with Gasteiger partial charge in [0.2, 0.25) is 0 Å². The van der Waals surface area contributed by atoms with Crippen LogP contribution in [0.5, 0.6) is 0 Å². The molecule has 2 aromatic heterocycles. The van der Waals surface area contributed by atoms with E-state index in [4.69, 9.17) is 11.6 Å². The molecule has 0 aliphatic rings. The number of imidazole rings is 1. The highest BCUT2D eigenvalue weighted by molar-refractivity contribution is 6.31. The fourth-order valence-electron chi connectivity index (χ4n) is 2.74. The van der Waals surface area contributed by atoms with E-state index in [1.165, 1.54) is 0 Å². The Morgan fingerprint density at radius 2 is 1.88 bits per heavy atom. The molecule has 0 spiro atoms. The van der Waals surface area contributed by atoms with Crippen molar-refractivity contribution in [3.63, 3.8) is 0 Å². The first-order chi connectivity index (χ1) is 12.6. The van der Waals surface area contributed by atoms with Crippen LogP contribution in [0.4, 0.5) is 5.69 Å². The number of nitrogens with one attached hydrogen (secondary N) is 1. The lowest BCUT2D eigenvalue weighted by molar-refractivity contribution is 0.102. The predicted molar refractivity (Wildman–Crippen MR) is 103 cm³/mol. The summed E-state index contributed by atoms with van der Waals surface area (Å²) in [7, 11) is 0. The van der Waals surface area contributed by atoms with Gasteiger partial charge in [0.25, 0.3) is 5.91 Å². The first kappa shape index (κ1) is 16.3. The quantitative estimate of drug-likeness (QED) is 0.577. The van der Waals surface area contributed by atoms with E-state index < -0.39 is 0 Å². The lowest BCUT2D eigenvalue weighted by atomic mass is 10.1. The summed E-state index contributed by atoms with van der Waals surface area (Å²) in [5.74, 6) is -0.185. The average molecular weight is 363 g/mol. The zero-order valence-electron chi connectivity index (χ0n) is 14.0. The van der Waals surface area contributed by atoms with Gasteiger partial charge in [0.1, 0.15) is 11.8 Å². The molecule has 0 saturated heterocycles. The summed E-state index contributed by atoms with van der Waals surface area (Å²) in [4.78, 5) is 21.2. The van der Waals surface area contributed by atoms with Gasteiger partial charge in [-0.05, 0) is 61.0 Å². The number of anilines is 1. The number of aromatic nitrogens is 3. The summed E-state index contributed by atoms with van der Waals surface area (Å²) in [5, 5.41) is 3.48. The van der Waals surface area contributed by atoms with Crippen molar-refractivity contribution in [3.8, 4) is 5.69 Å². The molecule has 5 nitrogen and oxygen atoms in total. The van der Waals surface area contributed by atoms with Crippen molar-refractivity contribution in [1.82, 2.24) is 14.5 Å². The molecule has 0 bridgehead atoms. The van der Waals surface area contributed by atoms with Crippen LogP contribution in [0, 0.1) is 6.92 Å². The lowest BCUT2D eigenvalue weighted by Crippen LogP contribution is -2.12. The molecule has 4 aromatic rings. The van der Waals surface area contributed by atoms with Crippen molar-refractivity contribution >= 4 is 34.4 Å². The fourth-order valence-corrected chi connectivity index (χ4v) is 2.91. The second-order valence-electron chi connectivity index (χ2n) is 5.92. The minimum atomic E-state index is -0.185. The molecule has 0 fully saturated rings. The molecule has 0 aliphatic heterocycles. The monoisotopic (exact) mass is 362 g/mol. The minimum absolute atomic E-state index is 0.185. The van der Waals surface area contributed by atoms with E-state index in [2.05, 4.69) is 15.3 Å². The Balaban J connectivity index is 1.59. The Hall–Kier alpha value is -3.18. The first-order valence-electron chi connectivity index (χ1n) is 8.08. The molecule has 4 rings (SSSR count). The van der Waals surface area contributed by atoms with Crippen molar-refractivity contribution in [2.75, 3.05) is 5.32 Å². The molecule has 0 radical (unpaired) electrons. The van der Waals surface area contributed by atoms with E-state index >= 15 is 0 Å². The predicted octanol–water partition coefficient (Wildman–Crippen LogP) is 4.63. The zero-order chi connectivity index (χ0) is 18.1. The maximum absolute atomic E-state index is 12.5. The smallest absolute Gasteiger partial charge is 0.255 e. The molecular weight excluding hydrogens is 348 g/mol. The second kappa shape index (κ2) is 6.61. The van der Waals surface area contributed by atoms with Crippen molar-refractivity contribution < 1.29 is 4.79 Å². The number of amides is 1. The number of hydrogen-bond acceptors (Lipinski definition) is 3. The molecule has 0 unspecified atom stereocenters. The fraction of sp³-hybridized carbons (Fsp3) is 0.0500. The number of nitrogens with zero attached hydrogens (tertiary/aromatic N) is 3. The van der Waals surface area contributed by atoms with Gasteiger partial charge in [0.15, 0.2) is 5.65 Å². The lowest BCUT2D eigenvalue weighted by Gasteiger charge is -2.10. The maximum Gasteiger partial charge on any atom is 0.255 e. The molecule has 128 valence electrons. The normalized spacial score (nSPS) is 10.8. The number of hydrogen-bond donors (Lipinski definition) is 1. The molecule has 1 N–H and O–H groups in total. The van der Waals surface area contributed by atoms with Gasteiger partial charge < -0.3 is 5.32 Å². The van der Waals surface area contributed by atoms with Crippen molar-refractivity contribution in [2.24, 2.45) is 0 Å². The van der Waals surface area contributed by atoms with Crippen LogP contribution in [0.25, 0.3) is 16.9 Å². The summed E-state index contributed by atoms with van der Waals surface area (Å²) in [5.41, 5.74) is 4.71. The minimum Gasteiger partial charge on any atom is -0.322 e. The van der Waals surface area contributed by atoms with Crippen molar-refractivity contribution in [1.29, 1.82) is 0 Å². The highest BCUT2D eigenvalue weighted by Gasteiger charge is 2.10. The van der Waals surface area contributed by atoms with E-state index in [-0.39, 0.29) is 5.91 Å². The topological polar surface area (TPSA) is 59.8 Å². The molecule has 2 heterocycles. The van der Waals surface area contributed by atoms with Crippen LogP contribution in [0.3, 0.4) is 0 Å². The van der Waals surface area contributed by atoms with Crippen molar-refractivity contribution in [2.45, 2.75) is 6.92 Å². The molecule has 26 heavy (non-hydrogen) atoms. The van der Waals surface area contributed by atoms with Gasteiger partial charge in [-0.15, -0.1) is 0 Å². The van der Waals surface area contributed by atoms with E-state index in [9.17, 15) is 4.79 Å². The Morgan fingerprint density at radius 3 is 2.69 bits per heavy atom. The number of rotatable bonds is 3. The maximum atomic E-state index is 12.5. The van der Waals surface area contributed by atoms with E-state index in [0.29, 0.717) is 16.3 Å². The third-order valence-corrected chi connectivity index (χ3v) is 4.40. The first-order valence-corrected chi connectivity index (χ1v) is 8.45. The van der Waals surface area contributed by atoms with Crippen LogP contribution in [0.15, 0.2) is 67.1 Å². The number of benzene rings is 2. The molecule has 0 aliphatic carbocycles. The second-order valence-corrected chi connectivity index (χ2v) is 6.36. The zero-order valence-corrected chi connectivity index (χ0v) is 14.7. The van der Waals surface area contributed by atoms with Gasteiger partial charge in [-0.25, -0.2) is 9.97 Å². The summed E-state index contributed by atoms with van der Waals surface area (Å²) < 4.78 is 1.89. The highest BCUT2D eigenvalue weighted by Crippen LogP contribution is 2.21. The number of carbonyl (C=O) groups is 1. The van der Waals surface area contributed by atoms with Crippen LogP contribution in [0.1, 0.15) is 15.9 Å². The Morgan fingerprint density at radius 1 is 1.08 bits per heavy atom. The van der Waals surface area contributed by atoms with E-state index in [1.54, 1.807) is 36.8 Å². The summed E-state index contributed by atoms with van der Waals surface area (Å²) >= 11 is 6.01. The number of pyridine rings is 1. The van der Waals surface area contributed by atoms with Crippen molar-refractivity contribution in [3.05, 3.63) is 83.3 Å². The van der Waals surface area contributed by atoms with Gasteiger partial charge >= 0.3 is 0 Å². The van der Waals surface area contributed by atoms with Gasteiger partial charge in [0, 0.05) is 28.2 Å². The SMILES string of the molecule is Cc1ccc(Cl)cc1NC(=O)c1ccc(-n2cnc3cccnc32)cc1. The molecule has 0 saturated carbocycles. The van der Waals surface area contributed by atoms with E-state index in [1.807, 2.05) is 41.8 Å². The number of fused-ring (bicyclic) bond motifs is 1. The van der Waals surface area contributed by atoms with Gasteiger partial charge in [-0.1, -0.05) is 17.7 Å². The third-order valence-electron chi connectivity index (χ3n) is 4.16. The van der Waals surface area contributed by atoms with Crippen LogP contribution in [-0.4, -0.2) is 20.4 Å². The highest BCUT2D eigenvalue weighted by atomic mass is 35.5. The van der Waals surface area contributed by atoms with Gasteiger partial charge in [-0.3, -0.25) is 9.36 Å². The summed E-state index contributed by atoms with van der Waals surface area (Å²) in [6, 6.07) is 16.5. The standard InChI is InChI=1S/C20H15ClN4O/c1-13-4-7-15(21)11-18(13)24-20(26)14-5-8-16(9-6-14)25-12-23-17-3-2-10-22-19(17)25/h2-12H,1H3,(H,24,26). The molecule has 6 heteroatoms. The van der Waals surface area contributed by atoms with Gasteiger partial charge in [0.05, 0.1) is 0 Å². The number of halogens is 1. The molecule has 1 amide bonds. The largest absolute Gasteiger partial charge is 0.322 e. The number of carbonyl (C=O) groups excluding carboxylic acids is 1. The van der Waals surface area contributed by atoms with Crippen LogP contribution < -0.4 is 5.32 Å². The van der Waals surface area contributed by atoms with Gasteiger partial charge in [-0.2, -0.15) is 0 Å². The molecule has 2 aromatic carbocycles. The Labute approximate surface area is 155 Å². The van der Waals surface area contributed by atoms with Crippen LogP contribution in [-0.2, 0) is 0 Å². The summed E-state index contributed by atoms with van der Waals surface area (Å²) in [6.45, 7) is 1.92. The number of aryl methyl sites for hydroxylation is 1. The van der Waals surface area contributed by atoms with E-state index in [0.717, 1.165) is 22.4 Å². The van der Waals surface area contributed by atoms with Crippen LogP contribution in [0.2, 0.25) is 5.02 Å². The third kappa shape index (κ3) is 3.05. The summed E-state index contributed by atoms with van der Waals surface area (Å²) in [6.07, 6.45) is 3.46. The average Bonchev–Trinajstić information content (AvgIpc) is 3.09.